The van der Waals surface area contributed by atoms with Crippen LogP contribution < -0.4 is 20.8 Å². The molecule has 0 unspecified atom stereocenters. The number of rotatable bonds is 4. The van der Waals surface area contributed by atoms with Gasteiger partial charge in [-0.15, -0.1) is 0 Å². The van der Waals surface area contributed by atoms with Gasteiger partial charge >= 0.3 is 0 Å². The Morgan fingerprint density at radius 2 is 1.59 bits per heavy atom. The molecule has 7 rings (SSSR count). The molecular weight excluding hydrogens is 518 g/mol. The summed E-state index contributed by atoms with van der Waals surface area (Å²) >= 11 is 3.81. The minimum atomic E-state index is 0.850. The van der Waals surface area contributed by atoms with E-state index in [0.717, 1.165) is 40.9 Å². The summed E-state index contributed by atoms with van der Waals surface area (Å²) in [6, 6.07) is 30.6. The van der Waals surface area contributed by atoms with Gasteiger partial charge in [0.2, 0.25) is 0 Å². The molecule has 0 fully saturated rings. The highest BCUT2D eigenvalue weighted by Gasteiger charge is 2.17. The molecule has 37 heavy (non-hydrogen) atoms. The summed E-state index contributed by atoms with van der Waals surface area (Å²) in [5, 5.41) is 9.77. The van der Waals surface area contributed by atoms with Gasteiger partial charge in [-0.1, -0.05) is 70.6 Å². The van der Waals surface area contributed by atoms with Crippen molar-refractivity contribution in [3.63, 3.8) is 0 Å². The highest BCUT2D eigenvalue weighted by molar-refractivity contribution is 9.10. The van der Waals surface area contributed by atoms with Gasteiger partial charge in [-0.25, -0.2) is 0 Å². The fraction of sp³-hybridized carbons (Fsp3) is 0.0909. The van der Waals surface area contributed by atoms with Gasteiger partial charge in [-0.3, -0.25) is 0 Å². The van der Waals surface area contributed by atoms with Crippen LogP contribution in [0.5, 0.6) is 0 Å². The van der Waals surface area contributed by atoms with Gasteiger partial charge in [-0.2, -0.15) is 0 Å². The van der Waals surface area contributed by atoms with Crippen molar-refractivity contribution in [1.82, 2.24) is 9.88 Å². The lowest BCUT2D eigenvalue weighted by Gasteiger charge is -2.28. The molecule has 1 N–H and O–H groups in total. The fourth-order valence-corrected chi connectivity index (χ4v) is 6.16. The van der Waals surface area contributed by atoms with Crippen LogP contribution in [0.15, 0.2) is 113 Å². The van der Waals surface area contributed by atoms with Crippen molar-refractivity contribution in [2.24, 2.45) is 0 Å². The average molecular weight is 544 g/mol. The van der Waals surface area contributed by atoms with E-state index in [0.29, 0.717) is 0 Å². The summed E-state index contributed by atoms with van der Waals surface area (Å²) in [4.78, 5) is 2.32. The quantitative estimate of drug-likeness (QED) is 0.262. The summed E-state index contributed by atoms with van der Waals surface area (Å²) in [5.41, 5.74) is 5.78. The van der Waals surface area contributed by atoms with Crippen molar-refractivity contribution in [3.8, 4) is 5.69 Å². The molecule has 3 nitrogen and oxygen atoms in total. The van der Waals surface area contributed by atoms with Crippen LogP contribution in [0.4, 0.5) is 11.4 Å². The van der Waals surface area contributed by atoms with Crippen LogP contribution in [0.25, 0.3) is 39.5 Å². The van der Waals surface area contributed by atoms with Crippen molar-refractivity contribution >= 4 is 61.1 Å². The Bertz CT molecular complexity index is 1840. The number of fused-ring (bicyclic) bond motifs is 4. The van der Waals surface area contributed by atoms with Gasteiger partial charge in [0, 0.05) is 50.2 Å². The Balaban J connectivity index is 1.37. The normalized spacial score (nSPS) is 14.5. The third-order valence-electron chi connectivity index (χ3n) is 7.26. The Labute approximate surface area is 224 Å². The highest BCUT2D eigenvalue weighted by Crippen LogP contribution is 2.34. The Morgan fingerprint density at radius 3 is 2.43 bits per heavy atom. The lowest BCUT2D eigenvalue weighted by Crippen LogP contribution is -2.30. The molecule has 1 aliphatic heterocycles. The third kappa shape index (κ3) is 3.80. The van der Waals surface area contributed by atoms with E-state index in [-0.39, 0.29) is 0 Å². The maximum absolute atomic E-state index is 3.81. The Kier molecular flexibility index (Phi) is 5.48. The number of anilines is 2. The second kappa shape index (κ2) is 9.13. The van der Waals surface area contributed by atoms with Gasteiger partial charge in [-0.05, 0) is 78.2 Å². The Morgan fingerprint density at radius 1 is 0.784 bits per heavy atom. The number of hydrogen-bond acceptors (Lipinski definition) is 2. The van der Waals surface area contributed by atoms with E-state index in [1.54, 1.807) is 0 Å². The lowest BCUT2D eigenvalue weighted by molar-refractivity contribution is 0.941. The smallest absolute Gasteiger partial charge is 0.0615 e. The first-order valence-electron chi connectivity index (χ1n) is 12.8. The topological polar surface area (TPSA) is 20.2 Å². The van der Waals surface area contributed by atoms with Gasteiger partial charge in [0.1, 0.15) is 0 Å². The number of nitrogens with zero attached hydrogens (tertiary/aromatic N) is 2. The maximum Gasteiger partial charge on any atom is 0.0615 e. The van der Waals surface area contributed by atoms with Crippen molar-refractivity contribution in [2.75, 3.05) is 11.4 Å². The van der Waals surface area contributed by atoms with E-state index >= 15 is 0 Å². The van der Waals surface area contributed by atoms with E-state index in [9.17, 15) is 0 Å². The Hall–Kier alpha value is -4.02. The number of allylic oxidation sites excluding steroid dienone is 1. The maximum atomic E-state index is 3.81. The molecule has 180 valence electrons. The monoisotopic (exact) mass is 543 g/mol. The highest BCUT2D eigenvalue weighted by atomic mass is 79.9. The van der Waals surface area contributed by atoms with Crippen LogP contribution in [0.2, 0.25) is 0 Å². The molecule has 0 radical (unpaired) electrons. The molecule has 4 aromatic carbocycles. The molecule has 5 aromatic rings. The molecule has 0 spiro atoms. The number of hydrogen-bond donors (Lipinski definition) is 1. The van der Waals surface area contributed by atoms with Crippen molar-refractivity contribution < 1.29 is 0 Å². The van der Waals surface area contributed by atoms with Gasteiger partial charge in [0.25, 0.3) is 0 Å². The molecule has 4 heteroatoms. The first-order valence-corrected chi connectivity index (χ1v) is 13.6. The molecule has 0 atom stereocenters. The molecule has 0 bridgehead atoms. The number of halogens is 1. The molecule has 0 saturated heterocycles. The van der Waals surface area contributed by atoms with E-state index in [1.165, 1.54) is 37.9 Å². The molecular formula is C33H26BrN3. The van der Waals surface area contributed by atoms with E-state index in [4.69, 9.17) is 0 Å². The summed E-state index contributed by atoms with van der Waals surface area (Å²) in [6.45, 7) is 0.850. The van der Waals surface area contributed by atoms with E-state index in [1.807, 2.05) is 0 Å². The molecule has 0 saturated carbocycles. The number of aromatic nitrogens is 1. The van der Waals surface area contributed by atoms with Crippen molar-refractivity contribution in [2.45, 2.75) is 12.8 Å². The van der Waals surface area contributed by atoms with E-state index in [2.05, 4.69) is 146 Å². The van der Waals surface area contributed by atoms with Crippen molar-refractivity contribution in [3.05, 3.63) is 124 Å². The summed E-state index contributed by atoms with van der Waals surface area (Å²) in [5.74, 6) is 0. The lowest BCUT2D eigenvalue weighted by atomic mass is 10.1. The van der Waals surface area contributed by atoms with Gasteiger partial charge < -0.3 is 14.8 Å². The predicted octanol–water partition coefficient (Wildman–Crippen LogP) is 7.04. The number of nitrogens with one attached hydrogen (secondary N) is 1. The first-order chi connectivity index (χ1) is 18.3. The first kappa shape index (κ1) is 22.2. The van der Waals surface area contributed by atoms with Crippen LogP contribution in [0, 0.1) is 0 Å². The van der Waals surface area contributed by atoms with E-state index < -0.39 is 0 Å². The minimum Gasteiger partial charge on any atom is -0.386 e. The standard InChI is InChI=1S/C33H26BrN3/c34-30-11-5-13-32-33(30)29-10-3-4-12-31(29)37(32)26-18-16-25(17-19-26)36(28-9-6-20-35-22-28)27-15-14-23-7-1-2-8-24(23)21-27/h1-2,5-19,21-22,35H,3-4,20H2. The largest absolute Gasteiger partial charge is 0.386 e. The zero-order valence-electron chi connectivity index (χ0n) is 20.4. The van der Waals surface area contributed by atoms with Crippen LogP contribution in [-0.2, 0) is 0 Å². The zero-order valence-corrected chi connectivity index (χ0v) is 21.9. The molecule has 1 aromatic heterocycles. The van der Waals surface area contributed by atoms with Gasteiger partial charge in [0.05, 0.1) is 11.2 Å². The average Bonchev–Trinajstić information content (AvgIpc) is 3.30. The second-order valence-corrected chi connectivity index (χ2v) is 10.4. The summed E-state index contributed by atoms with van der Waals surface area (Å²) in [6.07, 6.45) is 13.4. The van der Waals surface area contributed by atoms with Crippen molar-refractivity contribution in [1.29, 1.82) is 0 Å². The van der Waals surface area contributed by atoms with Crippen LogP contribution in [-0.4, -0.2) is 11.1 Å². The molecule has 1 aliphatic carbocycles. The van der Waals surface area contributed by atoms with Crippen LogP contribution in [0.1, 0.15) is 12.8 Å². The predicted molar refractivity (Wildman–Crippen MR) is 160 cm³/mol. The van der Waals surface area contributed by atoms with Crippen LogP contribution >= 0.6 is 15.9 Å². The summed E-state index contributed by atoms with van der Waals surface area (Å²) in [7, 11) is 0. The second-order valence-electron chi connectivity index (χ2n) is 9.52. The number of benzene rings is 4. The number of dihydropyridines is 1. The molecule has 2 heterocycles. The fourth-order valence-electron chi connectivity index (χ4n) is 5.59. The molecule has 2 aliphatic rings. The minimum absolute atomic E-state index is 0.850. The SMILES string of the molecule is Brc1cccc2c1c1c(n2-c2ccc(N(C3=CNCC=C3)c3ccc4ccccc4c3)cc2)=CCCC=1. The van der Waals surface area contributed by atoms with Crippen LogP contribution in [0.3, 0.4) is 0 Å². The molecule has 0 amide bonds. The van der Waals surface area contributed by atoms with Gasteiger partial charge in [0.15, 0.2) is 0 Å². The summed E-state index contributed by atoms with van der Waals surface area (Å²) < 4.78 is 3.55. The third-order valence-corrected chi connectivity index (χ3v) is 7.92. The zero-order chi connectivity index (χ0) is 24.8.